The van der Waals surface area contributed by atoms with Crippen LogP contribution < -0.4 is 0 Å². The highest BCUT2D eigenvalue weighted by molar-refractivity contribution is 5.72. The van der Waals surface area contributed by atoms with Crippen LogP contribution in [-0.2, 0) is 14.3 Å². The van der Waals surface area contributed by atoms with Crippen LogP contribution in [0.5, 0.6) is 0 Å². The van der Waals surface area contributed by atoms with Gasteiger partial charge < -0.3 is 9.47 Å². The second-order valence-corrected chi connectivity index (χ2v) is 3.34. The fourth-order valence-corrected chi connectivity index (χ4v) is 1.80. The molecule has 0 aromatic heterocycles. The molecule has 13 heavy (non-hydrogen) atoms. The molecular formula is C10H18O3. The monoisotopic (exact) mass is 186 g/mol. The predicted octanol–water partition coefficient (Wildman–Crippen LogP) is 1.75. The number of ether oxygens (including phenoxy) is 2. The second kappa shape index (κ2) is 5.22. The number of rotatable bonds is 4. The molecule has 1 saturated carbocycles. The molecule has 0 radical (unpaired) electrons. The van der Waals surface area contributed by atoms with Crippen LogP contribution in [0.3, 0.4) is 0 Å². The van der Waals surface area contributed by atoms with E-state index in [2.05, 4.69) is 0 Å². The Balaban J connectivity index is 2.27. The topological polar surface area (TPSA) is 35.5 Å². The van der Waals surface area contributed by atoms with Crippen molar-refractivity contribution in [3.05, 3.63) is 0 Å². The molecule has 3 nitrogen and oxygen atoms in total. The maximum Gasteiger partial charge on any atom is 0.309 e. The van der Waals surface area contributed by atoms with Gasteiger partial charge in [-0.15, -0.1) is 0 Å². The molecule has 3 heteroatoms. The molecule has 1 rings (SSSR count). The lowest BCUT2D eigenvalue weighted by molar-refractivity contribution is -0.148. The highest BCUT2D eigenvalue weighted by atomic mass is 16.5. The Morgan fingerprint density at radius 1 is 1.31 bits per heavy atom. The number of carbonyl (C=O) groups excluding carboxylic acids is 1. The standard InChI is InChI=1S/C10H18O3/c1-3-12-9-6-5-8(7-9)10(11)13-4-2/h8-9H,3-7H2,1-2H3/t8-,9-/m1/s1. The summed E-state index contributed by atoms with van der Waals surface area (Å²) in [7, 11) is 0. The van der Waals surface area contributed by atoms with Crippen molar-refractivity contribution in [3.8, 4) is 0 Å². The average molecular weight is 186 g/mol. The van der Waals surface area contributed by atoms with E-state index in [1.54, 1.807) is 0 Å². The minimum atomic E-state index is -0.0512. The molecule has 0 bridgehead atoms. The molecule has 0 spiro atoms. The van der Waals surface area contributed by atoms with E-state index >= 15 is 0 Å². The normalized spacial score (nSPS) is 27.5. The van der Waals surface area contributed by atoms with Gasteiger partial charge in [0.15, 0.2) is 0 Å². The van der Waals surface area contributed by atoms with Gasteiger partial charge in [0, 0.05) is 6.61 Å². The minimum absolute atomic E-state index is 0.0512. The fourth-order valence-electron chi connectivity index (χ4n) is 1.80. The predicted molar refractivity (Wildman–Crippen MR) is 49.4 cm³/mol. The van der Waals surface area contributed by atoms with E-state index in [0.717, 1.165) is 25.9 Å². The van der Waals surface area contributed by atoms with Crippen LogP contribution >= 0.6 is 0 Å². The Kier molecular flexibility index (Phi) is 4.22. The number of hydrogen-bond acceptors (Lipinski definition) is 3. The third kappa shape index (κ3) is 2.99. The van der Waals surface area contributed by atoms with Gasteiger partial charge in [0.2, 0.25) is 0 Å². The average Bonchev–Trinajstić information content (AvgIpc) is 2.54. The van der Waals surface area contributed by atoms with Gasteiger partial charge in [0.25, 0.3) is 0 Å². The third-order valence-corrected chi connectivity index (χ3v) is 2.41. The van der Waals surface area contributed by atoms with E-state index in [-0.39, 0.29) is 18.0 Å². The van der Waals surface area contributed by atoms with E-state index in [9.17, 15) is 4.79 Å². The summed E-state index contributed by atoms with van der Waals surface area (Å²) in [5.74, 6) is 0.0289. The van der Waals surface area contributed by atoms with Crippen molar-refractivity contribution in [2.45, 2.75) is 39.2 Å². The third-order valence-electron chi connectivity index (χ3n) is 2.41. The van der Waals surface area contributed by atoms with Crippen molar-refractivity contribution < 1.29 is 14.3 Å². The molecule has 0 aliphatic heterocycles. The maximum atomic E-state index is 11.3. The van der Waals surface area contributed by atoms with Crippen LogP contribution in [-0.4, -0.2) is 25.3 Å². The highest BCUT2D eigenvalue weighted by Gasteiger charge is 2.30. The molecule has 0 unspecified atom stereocenters. The first-order valence-corrected chi connectivity index (χ1v) is 5.06. The van der Waals surface area contributed by atoms with Crippen LogP contribution in [0, 0.1) is 5.92 Å². The van der Waals surface area contributed by atoms with E-state index in [1.807, 2.05) is 13.8 Å². The lowest BCUT2D eigenvalue weighted by atomic mass is 10.1. The van der Waals surface area contributed by atoms with Gasteiger partial charge in [-0.2, -0.15) is 0 Å². The molecule has 0 saturated heterocycles. The molecule has 0 aromatic carbocycles. The molecule has 0 amide bonds. The van der Waals surface area contributed by atoms with Gasteiger partial charge in [-0.1, -0.05) is 0 Å². The van der Waals surface area contributed by atoms with Gasteiger partial charge in [-0.05, 0) is 33.1 Å². The molecule has 2 atom stereocenters. The Morgan fingerprint density at radius 3 is 2.69 bits per heavy atom. The summed E-state index contributed by atoms with van der Waals surface area (Å²) in [5, 5.41) is 0. The maximum absolute atomic E-state index is 11.3. The molecule has 1 aliphatic rings. The van der Waals surface area contributed by atoms with Gasteiger partial charge in [0.05, 0.1) is 18.6 Å². The van der Waals surface area contributed by atoms with Crippen LogP contribution in [0.2, 0.25) is 0 Å². The summed E-state index contributed by atoms with van der Waals surface area (Å²) < 4.78 is 10.4. The second-order valence-electron chi connectivity index (χ2n) is 3.34. The van der Waals surface area contributed by atoms with E-state index in [0.29, 0.717) is 6.61 Å². The van der Waals surface area contributed by atoms with Crippen LogP contribution in [0.1, 0.15) is 33.1 Å². The SMILES string of the molecule is CCOC(=O)[C@@H]1CC[C@@H](OCC)C1. The van der Waals surface area contributed by atoms with Crippen LogP contribution in [0.15, 0.2) is 0 Å². The molecule has 0 N–H and O–H groups in total. The first kappa shape index (κ1) is 10.5. The van der Waals surface area contributed by atoms with Crippen molar-refractivity contribution in [3.63, 3.8) is 0 Å². The molecule has 0 heterocycles. The first-order valence-electron chi connectivity index (χ1n) is 5.06. The van der Waals surface area contributed by atoms with Crippen molar-refractivity contribution in [1.82, 2.24) is 0 Å². The van der Waals surface area contributed by atoms with Gasteiger partial charge in [-0.25, -0.2) is 0 Å². The van der Waals surface area contributed by atoms with Crippen LogP contribution in [0.25, 0.3) is 0 Å². The van der Waals surface area contributed by atoms with E-state index in [4.69, 9.17) is 9.47 Å². The molecular weight excluding hydrogens is 168 g/mol. The minimum Gasteiger partial charge on any atom is -0.466 e. The number of carbonyl (C=O) groups is 1. The Hall–Kier alpha value is -0.570. The van der Waals surface area contributed by atoms with Crippen molar-refractivity contribution >= 4 is 5.97 Å². The summed E-state index contributed by atoms with van der Waals surface area (Å²) in [4.78, 5) is 11.3. The lowest BCUT2D eigenvalue weighted by Gasteiger charge is -2.10. The van der Waals surface area contributed by atoms with Crippen molar-refractivity contribution in [2.24, 2.45) is 5.92 Å². The Bertz CT molecular complexity index is 168. The van der Waals surface area contributed by atoms with Crippen molar-refractivity contribution in [2.75, 3.05) is 13.2 Å². The van der Waals surface area contributed by atoms with E-state index < -0.39 is 0 Å². The Morgan fingerprint density at radius 2 is 2.08 bits per heavy atom. The highest BCUT2D eigenvalue weighted by Crippen LogP contribution is 2.28. The molecule has 1 aliphatic carbocycles. The zero-order valence-electron chi connectivity index (χ0n) is 8.41. The van der Waals surface area contributed by atoms with Gasteiger partial charge >= 0.3 is 5.97 Å². The molecule has 0 aromatic rings. The molecule has 76 valence electrons. The summed E-state index contributed by atoms with van der Waals surface area (Å²) in [5.41, 5.74) is 0. The zero-order valence-corrected chi connectivity index (χ0v) is 8.41. The molecule has 1 fully saturated rings. The summed E-state index contributed by atoms with van der Waals surface area (Å²) in [6, 6.07) is 0. The number of hydrogen-bond donors (Lipinski definition) is 0. The first-order chi connectivity index (χ1) is 6.27. The largest absolute Gasteiger partial charge is 0.466 e. The fraction of sp³-hybridized carbons (Fsp3) is 0.900. The van der Waals surface area contributed by atoms with Gasteiger partial charge in [-0.3, -0.25) is 4.79 Å². The number of esters is 1. The Labute approximate surface area is 79.4 Å². The summed E-state index contributed by atoms with van der Waals surface area (Å²) in [6.45, 7) is 5.04. The zero-order chi connectivity index (χ0) is 9.68. The van der Waals surface area contributed by atoms with Crippen LogP contribution in [0.4, 0.5) is 0 Å². The smallest absolute Gasteiger partial charge is 0.309 e. The van der Waals surface area contributed by atoms with Gasteiger partial charge in [0.1, 0.15) is 0 Å². The summed E-state index contributed by atoms with van der Waals surface area (Å²) >= 11 is 0. The van der Waals surface area contributed by atoms with E-state index in [1.165, 1.54) is 0 Å². The summed E-state index contributed by atoms with van der Waals surface area (Å²) in [6.07, 6.45) is 3.03. The lowest BCUT2D eigenvalue weighted by Crippen LogP contribution is -2.16. The quantitative estimate of drug-likeness (QED) is 0.627. The van der Waals surface area contributed by atoms with Crippen molar-refractivity contribution in [1.29, 1.82) is 0 Å².